The summed E-state index contributed by atoms with van der Waals surface area (Å²) in [5.74, 6) is -2.48. The van der Waals surface area contributed by atoms with Gasteiger partial charge in [0, 0.05) is 5.56 Å². The second-order valence-corrected chi connectivity index (χ2v) is 9.77. The Bertz CT molecular complexity index is 1630. The van der Waals surface area contributed by atoms with E-state index in [-0.39, 0.29) is 27.8 Å². The minimum Gasteiger partial charge on any atom is -0.507 e. The van der Waals surface area contributed by atoms with Gasteiger partial charge in [0.2, 0.25) is 0 Å². The number of esters is 1. The molecule has 1 aromatic heterocycles. The molecule has 40 heavy (non-hydrogen) atoms. The number of Topliss-reactive ketones (excluding diaryl/α,β-unsaturated/α-hetero) is 1. The molecular formula is C30H23FN2O6S. The van der Waals surface area contributed by atoms with E-state index in [0.717, 1.165) is 28.4 Å². The molecule has 0 spiro atoms. The van der Waals surface area contributed by atoms with E-state index in [9.17, 15) is 23.9 Å². The van der Waals surface area contributed by atoms with Gasteiger partial charge in [-0.3, -0.25) is 14.5 Å². The minimum atomic E-state index is -1.12. The molecule has 0 radical (unpaired) electrons. The Morgan fingerprint density at radius 2 is 1.73 bits per heavy atom. The summed E-state index contributed by atoms with van der Waals surface area (Å²) in [7, 11) is 0. The molecular weight excluding hydrogens is 535 g/mol. The number of aliphatic hydroxyl groups excluding tert-OH is 1. The topological polar surface area (TPSA) is 106 Å². The van der Waals surface area contributed by atoms with Gasteiger partial charge in [-0.15, -0.1) is 0 Å². The van der Waals surface area contributed by atoms with Gasteiger partial charge in [0.25, 0.3) is 5.78 Å². The molecule has 202 valence electrons. The smallest absolute Gasteiger partial charge is 0.350 e. The highest BCUT2D eigenvalue weighted by Crippen LogP contribution is 2.44. The molecule has 1 saturated heterocycles. The van der Waals surface area contributed by atoms with Crippen LogP contribution in [-0.2, 0) is 14.3 Å². The van der Waals surface area contributed by atoms with Gasteiger partial charge >= 0.3 is 11.9 Å². The van der Waals surface area contributed by atoms with E-state index in [1.807, 2.05) is 18.2 Å². The number of aliphatic hydroxyl groups is 1. The number of thiazole rings is 1. The SMILES string of the molecule is CCOC(=O)c1sc(N2C(=O)C(=O)/C(=C(/O)c3ccc(F)cc3)[C@H]2c2cccc(Oc3ccccc3)c2)nc1C. The number of halogens is 1. The Morgan fingerprint density at radius 1 is 1.02 bits per heavy atom. The summed E-state index contributed by atoms with van der Waals surface area (Å²) in [4.78, 5) is 45.1. The first-order chi connectivity index (χ1) is 19.3. The van der Waals surface area contributed by atoms with Crippen molar-refractivity contribution < 1.29 is 33.4 Å². The number of anilines is 1. The third-order valence-electron chi connectivity index (χ3n) is 6.17. The lowest BCUT2D eigenvalue weighted by molar-refractivity contribution is -0.132. The maximum Gasteiger partial charge on any atom is 0.350 e. The number of hydrogen-bond acceptors (Lipinski definition) is 8. The van der Waals surface area contributed by atoms with E-state index in [4.69, 9.17) is 9.47 Å². The van der Waals surface area contributed by atoms with Crippen LogP contribution < -0.4 is 9.64 Å². The molecule has 1 aliphatic heterocycles. The van der Waals surface area contributed by atoms with E-state index in [0.29, 0.717) is 22.8 Å². The molecule has 0 unspecified atom stereocenters. The number of carbonyl (C=O) groups is 3. The number of aryl methyl sites for hydroxylation is 1. The summed E-state index contributed by atoms with van der Waals surface area (Å²) in [5, 5.41) is 11.3. The Morgan fingerprint density at radius 3 is 2.42 bits per heavy atom. The number of ether oxygens (including phenoxy) is 2. The molecule has 4 aromatic rings. The standard InChI is InChI=1S/C30H23FN2O6S/c1-3-38-29(37)27-17(2)32-30(40-27)33-24(19-8-7-11-22(16-19)39-21-9-5-4-6-10-21)23(26(35)28(33)36)25(34)18-12-14-20(31)15-13-18/h4-16,24,34H,3H2,1-2H3/b25-23+/t24-/m1/s1. The Kier molecular flexibility index (Phi) is 7.43. The lowest BCUT2D eigenvalue weighted by Gasteiger charge is -2.23. The van der Waals surface area contributed by atoms with E-state index < -0.39 is 35.3 Å². The maximum atomic E-state index is 13.6. The maximum absolute atomic E-state index is 13.6. The van der Waals surface area contributed by atoms with E-state index >= 15 is 0 Å². The number of carbonyl (C=O) groups excluding carboxylic acids is 3. The van der Waals surface area contributed by atoms with Crippen LogP contribution in [0.25, 0.3) is 5.76 Å². The van der Waals surface area contributed by atoms with Crippen molar-refractivity contribution in [2.45, 2.75) is 19.9 Å². The molecule has 8 nitrogen and oxygen atoms in total. The average Bonchev–Trinajstić information content (AvgIpc) is 3.46. The van der Waals surface area contributed by atoms with Crippen molar-refractivity contribution in [2.75, 3.05) is 11.5 Å². The van der Waals surface area contributed by atoms with Crippen LogP contribution in [0.5, 0.6) is 11.5 Å². The average molecular weight is 559 g/mol. The summed E-state index contributed by atoms with van der Waals surface area (Å²) in [5.41, 5.74) is 0.725. The fourth-order valence-corrected chi connectivity index (χ4v) is 5.34. The van der Waals surface area contributed by atoms with E-state index in [1.165, 1.54) is 12.1 Å². The molecule has 1 N–H and O–H groups in total. The number of nitrogens with zero attached hydrogens (tertiary/aromatic N) is 2. The molecule has 1 aliphatic rings. The Hall–Kier alpha value is -4.83. The first kappa shape index (κ1) is 26.8. The zero-order valence-electron chi connectivity index (χ0n) is 21.5. The monoisotopic (exact) mass is 558 g/mol. The molecule has 5 rings (SSSR count). The first-order valence-corrected chi connectivity index (χ1v) is 13.1. The van der Waals surface area contributed by atoms with Gasteiger partial charge in [-0.05, 0) is 67.9 Å². The molecule has 0 bridgehead atoms. The number of hydrogen-bond donors (Lipinski definition) is 1. The van der Waals surface area contributed by atoms with Crippen LogP contribution in [0.2, 0.25) is 0 Å². The summed E-state index contributed by atoms with van der Waals surface area (Å²) >= 11 is 0.910. The van der Waals surface area contributed by atoms with E-state index in [1.54, 1.807) is 50.2 Å². The lowest BCUT2D eigenvalue weighted by Crippen LogP contribution is -2.29. The zero-order chi connectivity index (χ0) is 28.4. The van der Waals surface area contributed by atoms with Gasteiger partial charge in [-0.25, -0.2) is 14.2 Å². The van der Waals surface area contributed by atoms with Gasteiger partial charge in [0.05, 0.1) is 23.9 Å². The Labute approximate surface area is 232 Å². The van der Waals surface area contributed by atoms with Gasteiger partial charge in [0.15, 0.2) is 5.13 Å². The fourth-order valence-electron chi connectivity index (χ4n) is 4.35. The van der Waals surface area contributed by atoms with Gasteiger partial charge in [-0.1, -0.05) is 41.7 Å². The minimum absolute atomic E-state index is 0.0835. The molecule has 0 saturated carbocycles. The fraction of sp³-hybridized carbons (Fsp3) is 0.133. The normalized spacial score (nSPS) is 16.3. The lowest BCUT2D eigenvalue weighted by atomic mass is 9.95. The van der Waals surface area contributed by atoms with Crippen molar-refractivity contribution in [3.63, 3.8) is 0 Å². The molecule has 2 heterocycles. The third kappa shape index (κ3) is 5.08. The number of amides is 1. The van der Waals surface area contributed by atoms with Gasteiger partial charge in [0.1, 0.15) is 28.0 Å². The summed E-state index contributed by atoms with van der Waals surface area (Å²) < 4.78 is 24.7. The quantitative estimate of drug-likeness (QED) is 0.125. The van der Waals surface area contributed by atoms with Crippen LogP contribution in [0.4, 0.5) is 9.52 Å². The largest absolute Gasteiger partial charge is 0.507 e. The second-order valence-electron chi connectivity index (χ2n) is 8.80. The van der Waals surface area contributed by atoms with Crippen molar-refractivity contribution in [1.29, 1.82) is 0 Å². The third-order valence-corrected chi connectivity index (χ3v) is 7.30. The van der Waals surface area contributed by atoms with Crippen LogP contribution in [0.1, 0.15) is 39.5 Å². The Balaban J connectivity index is 1.66. The predicted molar refractivity (Wildman–Crippen MR) is 147 cm³/mol. The highest BCUT2D eigenvalue weighted by molar-refractivity contribution is 7.17. The number of rotatable bonds is 7. The van der Waals surface area contributed by atoms with Gasteiger partial charge < -0.3 is 14.6 Å². The molecule has 0 aliphatic carbocycles. The second kappa shape index (κ2) is 11.1. The van der Waals surface area contributed by atoms with Crippen LogP contribution in [-0.4, -0.2) is 34.4 Å². The first-order valence-electron chi connectivity index (χ1n) is 12.3. The molecule has 1 fully saturated rings. The molecule has 1 amide bonds. The van der Waals surface area contributed by atoms with Crippen molar-refractivity contribution in [2.24, 2.45) is 0 Å². The summed E-state index contributed by atoms with van der Waals surface area (Å²) in [6, 6.07) is 19.6. The zero-order valence-corrected chi connectivity index (χ0v) is 22.3. The van der Waals surface area contributed by atoms with Crippen molar-refractivity contribution in [1.82, 2.24) is 4.98 Å². The van der Waals surface area contributed by atoms with Crippen LogP contribution >= 0.6 is 11.3 Å². The van der Waals surface area contributed by atoms with Crippen molar-refractivity contribution in [3.8, 4) is 11.5 Å². The summed E-state index contributed by atoms with van der Waals surface area (Å²) in [6.07, 6.45) is 0. The highest BCUT2D eigenvalue weighted by Gasteiger charge is 2.48. The predicted octanol–water partition coefficient (Wildman–Crippen LogP) is 6.19. The number of ketones is 1. The van der Waals surface area contributed by atoms with E-state index in [2.05, 4.69) is 4.98 Å². The molecule has 10 heteroatoms. The van der Waals surface area contributed by atoms with Crippen molar-refractivity contribution >= 4 is 39.9 Å². The molecule has 3 aromatic carbocycles. The van der Waals surface area contributed by atoms with Gasteiger partial charge in [-0.2, -0.15) is 0 Å². The number of aromatic nitrogens is 1. The number of benzene rings is 3. The van der Waals surface area contributed by atoms with Crippen LogP contribution in [0, 0.1) is 12.7 Å². The molecule has 1 atom stereocenters. The van der Waals surface area contributed by atoms with Crippen LogP contribution in [0.3, 0.4) is 0 Å². The van der Waals surface area contributed by atoms with Crippen LogP contribution in [0.15, 0.2) is 84.4 Å². The highest BCUT2D eigenvalue weighted by atomic mass is 32.1. The summed E-state index contributed by atoms with van der Waals surface area (Å²) in [6.45, 7) is 3.43. The van der Waals surface area contributed by atoms with Crippen molar-refractivity contribution in [3.05, 3.63) is 112 Å². The number of para-hydroxylation sites is 1.